The zero-order chi connectivity index (χ0) is 28.4. The highest BCUT2D eigenvalue weighted by Crippen LogP contribution is 2.41. The van der Waals surface area contributed by atoms with Crippen molar-refractivity contribution >= 4 is 34.9 Å². The van der Waals surface area contributed by atoms with E-state index in [-0.39, 0.29) is 30.0 Å². The number of carboxylic acids is 1. The molecule has 1 aliphatic rings. The van der Waals surface area contributed by atoms with E-state index < -0.39 is 5.97 Å². The molecule has 0 spiro atoms. The SMILES string of the molecule is Cc1ccc(C(=O)O)cc1-n1c(C)cc(C2C(c3ccccn3)NC(=S)N2CCC(=O)Nc2ccccc2)c1C. The molecule has 0 aliphatic carbocycles. The summed E-state index contributed by atoms with van der Waals surface area (Å²) in [4.78, 5) is 31.2. The molecular formula is C31H31N5O3S. The van der Waals surface area contributed by atoms with Gasteiger partial charge in [0.1, 0.15) is 0 Å². The number of nitrogens with zero attached hydrogens (tertiary/aromatic N) is 3. The lowest BCUT2D eigenvalue weighted by molar-refractivity contribution is -0.116. The first kappa shape index (κ1) is 27.1. The number of benzene rings is 2. The molecule has 0 radical (unpaired) electrons. The molecule has 0 bridgehead atoms. The van der Waals surface area contributed by atoms with Crippen molar-refractivity contribution in [2.75, 3.05) is 11.9 Å². The fourth-order valence-electron chi connectivity index (χ4n) is 5.39. The van der Waals surface area contributed by atoms with Crippen molar-refractivity contribution < 1.29 is 14.7 Å². The fraction of sp³-hybridized carbons (Fsp3) is 0.226. The van der Waals surface area contributed by atoms with Gasteiger partial charge in [0.25, 0.3) is 0 Å². The second kappa shape index (κ2) is 11.3. The molecule has 5 rings (SSSR count). The number of carbonyl (C=O) groups excluding carboxylic acids is 1. The zero-order valence-corrected chi connectivity index (χ0v) is 23.4. The minimum atomic E-state index is -0.968. The molecular weight excluding hydrogens is 522 g/mol. The third-order valence-corrected chi connectivity index (χ3v) is 7.67. The van der Waals surface area contributed by atoms with Crippen LogP contribution in [0.5, 0.6) is 0 Å². The molecule has 204 valence electrons. The first-order valence-electron chi connectivity index (χ1n) is 13.1. The summed E-state index contributed by atoms with van der Waals surface area (Å²) in [7, 11) is 0. The highest BCUT2D eigenvalue weighted by Gasteiger charge is 2.41. The van der Waals surface area contributed by atoms with Crippen molar-refractivity contribution in [1.29, 1.82) is 0 Å². The Kier molecular flexibility index (Phi) is 7.66. The summed E-state index contributed by atoms with van der Waals surface area (Å²) in [5.41, 5.74) is 6.59. The maximum atomic E-state index is 12.8. The maximum absolute atomic E-state index is 12.8. The fourth-order valence-corrected chi connectivity index (χ4v) is 5.72. The lowest BCUT2D eigenvalue weighted by Gasteiger charge is -2.28. The summed E-state index contributed by atoms with van der Waals surface area (Å²) in [5.74, 6) is -1.06. The summed E-state index contributed by atoms with van der Waals surface area (Å²) in [6, 6.07) is 22.0. The highest BCUT2D eigenvalue weighted by molar-refractivity contribution is 7.80. The van der Waals surface area contributed by atoms with Gasteiger partial charge >= 0.3 is 5.97 Å². The Morgan fingerprint density at radius 3 is 2.48 bits per heavy atom. The normalized spacial score (nSPS) is 16.6. The van der Waals surface area contributed by atoms with Gasteiger partial charge in [0, 0.05) is 41.9 Å². The third kappa shape index (κ3) is 5.33. The van der Waals surface area contributed by atoms with Crippen molar-refractivity contribution in [2.45, 2.75) is 39.3 Å². The van der Waals surface area contributed by atoms with Crippen molar-refractivity contribution in [3.8, 4) is 5.69 Å². The number of thiocarbonyl (C=S) groups is 1. The molecule has 3 N–H and O–H groups in total. The summed E-state index contributed by atoms with van der Waals surface area (Å²) in [5, 5.41) is 16.6. The van der Waals surface area contributed by atoms with Gasteiger partial charge in [-0.2, -0.15) is 0 Å². The average molecular weight is 554 g/mol. The van der Waals surface area contributed by atoms with Crippen LogP contribution >= 0.6 is 12.2 Å². The number of anilines is 1. The van der Waals surface area contributed by atoms with Crippen molar-refractivity contribution in [2.24, 2.45) is 0 Å². The van der Waals surface area contributed by atoms with Gasteiger partial charge in [-0.3, -0.25) is 9.78 Å². The number of aromatic carboxylic acids is 1. The number of carboxylic acid groups (broad SMARTS) is 1. The lowest BCUT2D eigenvalue weighted by Crippen LogP contribution is -2.32. The first-order valence-corrected chi connectivity index (χ1v) is 13.5. The predicted octanol–water partition coefficient (Wildman–Crippen LogP) is 5.50. The van der Waals surface area contributed by atoms with Gasteiger partial charge in [-0.1, -0.05) is 30.3 Å². The number of aryl methyl sites for hydroxylation is 2. The molecule has 4 aromatic rings. The van der Waals surface area contributed by atoms with E-state index in [4.69, 9.17) is 12.2 Å². The van der Waals surface area contributed by atoms with Crippen LogP contribution in [0.15, 0.2) is 79.0 Å². The van der Waals surface area contributed by atoms with Crippen LogP contribution in [0.2, 0.25) is 0 Å². The van der Waals surface area contributed by atoms with E-state index in [2.05, 4.69) is 31.2 Å². The van der Waals surface area contributed by atoms with Crippen LogP contribution < -0.4 is 10.6 Å². The molecule has 1 aliphatic heterocycles. The Labute approximate surface area is 238 Å². The predicted molar refractivity (Wildman–Crippen MR) is 159 cm³/mol. The van der Waals surface area contributed by atoms with Crippen molar-refractivity contribution in [3.63, 3.8) is 0 Å². The molecule has 2 aromatic carbocycles. The maximum Gasteiger partial charge on any atom is 0.335 e. The van der Waals surface area contributed by atoms with Gasteiger partial charge in [0.15, 0.2) is 5.11 Å². The van der Waals surface area contributed by atoms with E-state index in [1.807, 2.05) is 75.4 Å². The van der Waals surface area contributed by atoms with Gasteiger partial charge < -0.3 is 25.2 Å². The monoisotopic (exact) mass is 553 g/mol. The van der Waals surface area contributed by atoms with Crippen molar-refractivity contribution in [1.82, 2.24) is 19.8 Å². The smallest absolute Gasteiger partial charge is 0.335 e. The average Bonchev–Trinajstić information content (AvgIpc) is 3.43. The third-order valence-electron chi connectivity index (χ3n) is 7.32. The van der Waals surface area contributed by atoms with E-state index in [0.717, 1.165) is 39.6 Å². The number of para-hydroxylation sites is 1. The molecule has 2 unspecified atom stereocenters. The number of rotatable bonds is 8. The second-order valence-corrected chi connectivity index (χ2v) is 10.3. The molecule has 1 amide bonds. The molecule has 2 aromatic heterocycles. The van der Waals surface area contributed by atoms with E-state index in [1.54, 1.807) is 18.3 Å². The number of hydrogen-bond donors (Lipinski definition) is 3. The molecule has 8 nitrogen and oxygen atoms in total. The van der Waals surface area contributed by atoms with E-state index in [9.17, 15) is 14.7 Å². The molecule has 1 saturated heterocycles. The van der Waals surface area contributed by atoms with Crippen LogP contribution in [0, 0.1) is 20.8 Å². The number of nitrogens with one attached hydrogen (secondary N) is 2. The summed E-state index contributed by atoms with van der Waals surface area (Å²) < 4.78 is 2.09. The Bertz CT molecular complexity index is 1570. The largest absolute Gasteiger partial charge is 0.478 e. The zero-order valence-electron chi connectivity index (χ0n) is 22.6. The van der Waals surface area contributed by atoms with Crippen LogP contribution in [0.1, 0.15) is 57.1 Å². The van der Waals surface area contributed by atoms with Gasteiger partial charge in [0.05, 0.1) is 23.3 Å². The number of amides is 1. The van der Waals surface area contributed by atoms with E-state index >= 15 is 0 Å². The van der Waals surface area contributed by atoms with Crippen LogP contribution in [0.25, 0.3) is 5.69 Å². The van der Waals surface area contributed by atoms with Gasteiger partial charge in [-0.25, -0.2) is 4.79 Å². The number of pyridine rings is 1. The summed E-state index contributed by atoms with van der Waals surface area (Å²) in [6.07, 6.45) is 2.01. The highest BCUT2D eigenvalue weighted by atomic mass is 32.1. The first-order chi connectivity index (χ1) is 19.2. The van der Waals surface area contributed by atoms with Gasteiger partial charge in [-0.15, -0.1) is 0 Å². The standard InChI is InChI=1S/C31H31N5O3S/c1-19-12-13-22(30(38)39)18-26(19)36-20(2)17-24(21(36)3)29-28(25-11-7-8-15-32-25)34-31(40)35(29)16-14-27(37)33-23-9-5-4-6-10-23/h4-13,15,17-18,28-29H,14,16H2,1-3H3,(H,33,37)(H,34,40)(H,38,39). The molecule has 3 heterocycles. The molecule has 40 heavy (non-hydrogen) atoms. The molecule has 2 atom stereocenters. The Balaban J connectivity index is 1.52. The van der Waals surface area contributed by atoms with Crippen molar-refractivity contribution in [3.05, 3.63) is 113 Å². The number of hydrogen-bond acceptors (Lipinski definition) is 4. The molecule has 0 saturated carbocycles. The van der Waals surface area contributed by atoms with Crippen LogP contribution in [0.4, 0.5) is 5.69 Å². The van der Waals surface area contributed by atoms with E-state index in [0.29, 0.717) is 11.7 Å². The van der Waals surface area contributed by atoms with E-state index in [1.165, 1.54) is 0 Å². The quantitative estimate of drug-likeness (QED) is 0.248. The Hall–Kier alpha value is -4.50. The van der Waals surface area contributed by atoms with Crippen LogP contribution in [-0.4, -0.2) is 43.1 Å². The molecule has 9 heteroatoms. The van der Waals surface area contributed by atoms with Gasteiger partial charge in [-0.05, 0) is 86.6 Å². The summed E-state index contributed by atoms with van der Waals surface area (Å²) in [6.45, 7) is 6.43. The topological polar surface area (TPSA) is 99.5 Å². The van der Waals surface area contributed by atoms with Crippen LogP contribution in [0.3, 0.4) is 0 Å². The summed E-state index contributed by atoms with van der Waals surface area (Å²) >= 11 is 5.80. The number of aromatic nitrogens is 2. The number of carbonyl (C=O) groups is 2. The van der Waals surface area contributed by atoms with Gasteiger partial charge in [0.2, 0.25) is 5.91 Å². The Morgan fingerprint density at radius 1 is 1.02 bits per heavy atom. The Morgan fingerprint density at radius 2 is 1.77 bits per heavy atom. The minimum absolute atomic E-state index is 0.0966. The molecule has 1 fully saturated rings. The minimum Gasteiger partial charge on any atom is -0.478 e. The second-order valence-electron chi connectivity index (χ2n) is 9.95. The lowest BCUT2D eigenvalue weighted by atomic mass is 9.96. The van der Waals surface area contributed by atoms with Crippen LogP contribution in [-0.2, 0) is 4.79 Å².